The maximum Gasteiger partial charge on any atom is 0.235 e. The molecule has 0 aliphatic heterocycles. The van der Waals surface area contributed by atoms with Crippen LogP contribution in [0.3, 0.4) is 0 Å². The van der Waals surface area contributed by atoms with Crippen LogP contribution in [0, 0.1) is 0 Å². The summed E-state index contributed by atoms with van der Waals surface area (Å²) >= 11 is 0. The number of anilines is 2. The molecule has 120 valence electrons. The largest absolute Gasteiger partial charge is 0.395 e. The zero-order chi connectivity index (χ0) is 16.3. The summed E-state index contributed by atoms with van der Waals surface area (Å²) in [5, 5.41) is 12.0. The fourth-order valence-electron chi connectivity index (χ4n) is 2.86. The van der Waals surface area contributed by atoms with Crippen molar-refractivity contribution < 1.29 is 9.90 Å². The third-order valence-corrected chi connectivity index (χ3v) is 4.51. The van der Waals surface area contributed by atoms with Crippen LogP contribution < -0.4 is 10.2 Å². The van der Waals surface area contributed by atoms with E-state index < -0.39 is 0 Å². The van der Waals surface area contributed by atoms with Gasteiger partial charge in [-0.15, -0.1) is 0 Å². The zero-order valence-corrected chi connectivity index (χ0v) is 13.3. The van der Waals surface area contributed by atoms with Crippen LogP contribution >= 0.6 is 0 Å². The highest BCUT2D eigenvalue weighted by molar-refractivity contribution is 6.01. The standard InChI is InChI=1S/C19H22N2O2/c1-21(13-14-22)17-9-7-16(8-10-17)20-18(23)19(11-12-19)15-5-3-2-4-6-15/h2-10,22H,11-14H2,1H3,(H,20,23). The van der Waals surface area contributed by atoms with Gasteiger partial charge in [0.1, 0.15) is 0 Å². The third kappa shape index (κ3) is 3.22. The van der Waals surface area contributed by atoms with Gasteiger partial charge in [-0.3, -0.25) is 4.79 Å². The first-order valence-electron chi connectivity index (χ1n) is 7.95. The lowest BCUT2D eigenvalue weighted by Gasteiger charge is -2.19. The second-order valence-electron chi connectivity index (χ2n) is 6.09. The van der Waals surface area contributed by atoms with Crippen LogP contribution in [0.1, 0.15) is 18.4 Å². The van der Waals surface area contributed by atoms with Crippen molar-refractivity contribution in [3.8, 4) is 0 Å². The number of aliphatic hydroxyl groups excluding tert-OH is 1. The number of amides is 1. The molecule has 2 aromatic rings. The number of rotatable bonds is 6. The highest BCUT2D eigenvalue weighted by Gasteiger charge is 2.51. The number of nitrogens with one attached hydrogen (secondary N) is 1. The quantitative estimate of drug-likeness (QED) is 0.862. The Labute approximate surface area is 136 Å². The monoisotopic (exact) mass is 310 g/mol. The van der Waals surface area contributed by atoms with Crippen molar-refractivity contribution in [1.82, 2.24) is 0 Å². The van der Waals surface area contributed by atoms with Crippen molar-refractivity contribution in [2.75, 3.05) is 30.4 Å². The molecular formula is C19H22N2O2. The van der Waals surface area contributed by atoms with Crippen molar-refractivity contribution in [2.45, 2.75) is 18.3 Å². The molecule has 23 heavy (non-hydrogen) atoms. The molecule has 0 radical (unpaired) electrons. The van der Waals surface area contributed by atoms with Gasteiger partial charge in [0, 0.05) is 25.0 Å². The van der Waals surface area contributed by atoms with Gasteiger partial charge in [-0.2, -0.15) is 0 Å². The second-order valence-corrected chi connectivity index (χ2v) is 6.09. The minimum absolute atomic E-state index is 0.0696. The first kappa shape index (κ1) is 15.6. The fraction of sp³-hybridized carbons (Fsp3) is 0.316. The third-order valence-electron chi connectivity index (χ3n) is 4.51. The van der Waals surface area contributed by atoms with E-state index in [-0.39, 0.29) is 17.9 Å². The summed E-state index contributed by atoms with van der Waals surface area (Å²) in [7, 11) is 1.93. The first-order valence-corrected chi connectivity index (χ1v) is 7.95. The van der Waals surface area contributed by atoms with Crippen LogP contribution in [-0.4, -0.2) is 31.2 Å². The Balaban J connectivity index is 1.69. The van der Waals surface area contributed by atoms with Crippen LogP contribution in [0.4, 0.5) is 11.4 Å². The fourth-order valence-corrected chi connectivity index (χ4v) is 2.86. The van der Waals surface area contributed by atoms with Crippen molar-refractivity contribution in [3.05, 3.63) is 60.2 Å². The zero-order valence-electron chi connectivity index (χ0n) is 13.3. The van der Waals surface area contributed by atoms with Crippen molar-refractivity contribution in [2.24, 2.45) is 0 Å². The normalized spacial score (nSPS) is 15.0. The predicted molar refractivity (Wildman–Crippen MR) is 92.8 cm³/mol. The smallest absolute Gasteiger partial charge is 0.235 e. The van der Waals surface area contributed by atoms with Crippen molar-refractivity contribution in [1.29, 1.82) is 0 Å². The number of nitrogens with zero attached hydrogens (tertiary/aromatic N) is 1. The van der Waals surface area contributed by atoms with Crippen LogP contribution in [-0.2, 0) is 10.2 Å². The molecule has 1 aliphatic rings. The Morgan fingerprint density at radius 3 is 2.35 bits per heavy atom. The summed E-state index contributed by atoms with van der Waals surface area (Å²) < 4.78 is 0. The molecule has 0 heterocycles. The molecule has 0 bridgehead atoms. The molecule has 4 nitrogen and oxygen atoms in total. The molecule has 3 rings (SSSR count). The Morgan fingerprint density at radius 2 is 1.78 bits per heavy atom. The van der Waals surface area contributed by atoms with E-state index in [1.54, 1.807) is 0 Å². The number of hydrogen-bond donors (Lipinski definition) is 2. The number of carbonyl (C=O) groups excluding carboxylic acids is 1. The van der Waals surface area contributed by atoms with E-state index in [2.05, 4.69) is 5.32 Å². The van der Waals surface area contributed by atoms with E-state index in [0.29, 0.717) is 6.54 Å². The summed E-state index contributed by atoms with van der Waals surface area (Å²) in [5.41, 5.74) is 2.56. The lowest BCUT2D eigenvalue weighted by Crippen LogP contribution is -2.27. The van der Waals surface area contributed by atoms with Crippen LogP contribution in [0.5, 0.6) is 0 Å². The second kappa shape index (κ2) is 6.42. The molecule has 0 spiro atoms. The van der Waals surface area contributed by atoms with E-state index in [4.69, 9.17) is 5.11 Å². The van der Waals surface area contributed by atoms with Gasteiger partial charge in [-0.1, -0.05) is 30.3 Å². The topological polar surface area (TPSA) is 52.6 Å². The molecule has 2 N–H and O–H groups in total. The molecule has 1 aliphatic carbocycles. The summed E-state index contributed by atoms with van der Waals surface area (Å²) in [4.78, 5) is 14.6. The molecule has 0 unspecified atom stereocenters. The summed E-state index contributed by atoms with van der Waals surface area (Å²) in [5.74, 6) is 0.0696. The van der Waals surface area contributed by atoms with E-state index in [1.807, 2.05) is 66.5 Å². The molecule has 1 saturated carbocycles. The number of benzene rings is 2. The molecule has 1 amide bonds. The SMILES string of the molecule is CN(CCO)c1ccc(NC(=O)C2(c3ccccc3)CC2)cc1. The Morgan fingerprint density at radius 1 is 1.13 bits per heavy atom. The van der Waals surface area contributed by atoms with Crippen LogP contribution in [0.2, 0.25) is 0 Å². The molecule has 0 atom stereocenters. The molecule has 0 aromatic heterocycles. The van der Waals surface area contributed by atoms with E-state index >= 15 is 0 Å². The highest BCUT2D eigenvalue weighted by atomic mass is 16.3. The predicted octanol–water partition coefficient (Wildman–Crippen LogP) is 2.79. The number of aliphatic hydroxyl groups is 1. The van der Waals surface area contributed by atoms with Gasteiger partial charge in [0.15, 0.2) is 0 Å². The minimum Gasteiger partial charge on any atom is -0.395 e. The van der Waals surface area contributed by atoms with Gasteiger partial charge < -0.3 is 15.3 Å². The highest BCUT2D eigenvalue weighted by Crippen LogP contribution is 2.48. The maximum absolute atomic E-state index is 12.7. The lowest BCUT2D eigenvalue weighted by molar-refractivity contribution is -0.118. The van der Waals surface area contributed by atoms with Crippen LogP contribution in [0.15, 0.2) is 54.6 Å². The number of likely N-dealkylation sites (N-methyl/N-ethyl adjacent to an activating group) is 1. The van der Waals surface area contributed by atoms with Crippen molar-refractivity contribution >= 4 is 17.3 Å². The average Bonchev–Trinajstić information content (AvgIpc) is 3.38. The van der Waals surface area contributed by atoms with E-state index in [0.717, 1.165) is 29.8 Å². The molecule has 0 saturated heterocycles. The van der Waals surface area contributed by atoms with Gasteiger partial charge in [0.25, 0.3) is 0 Å². The Kier molecular flexibility index (Phi) is 4.35. The first-order chi connectivity index (χ1) is 11.2. The Hall–Kier alpha value is -2.33. The summed E-state index contributed by atoms with van der Waals surface area (Å²) in [6.45, 7) is 0.706. The van der Waals surface area contributed by atoms with Gasteiger partial charge >= 0.3 is 0 Å². The summed E-state index contributed by atoms with van der Waals surface area (Å²) in [6, 6.07) is 17.7. The van der Waals surface area contributed by atoms with Gasteiger partial charge in [0.2, 0.25) is 5.91 Å². The minimum atomic E-state index is -0.354. The lowest BCUT2D eigenvalue weighted by atomic mass is 9.95. The van der Waals surface area contributed by atoms with Crippen molar-refractivity contribution in [3.63, 3.8) is 0 Å². The average molecular weight is 310 g/mol. The van der Waals surface area contributed by atoms with Gasteiger partial charge in [0.05, 0.1) is 12.0 Å². The molecule has 2 aromatic carbocycles. The van der Waals surface area contributed by atoms with Crippen LogP contribution in [0.25, 0.3) is 0 Å². The van der Waals surface area contributed by atoms with Gasteiger partial charge in [-0.05, 0) is 42.7 Å². The summed E-state index contributed by atoms with van der Waals surface area (Å²) in [6.07, 6.45) is 1.81. The molecule has 4 heteroatoms. The van der Waals surface area contributed by atoms with E-state index in [1.165, 1.54) is 0 Å². The maximum atomic E-state index is 12.7. The molecular weight excluding hydrogens is 288 g/mol. The molecule has 1 fully saturated rings. The van der Waals surface area contributed by atoms with Gasteiger partial charge in [-0.25, -0.2) is 0 Å². The van der Waals surface area contributed by atoms with E-state index in [9.17, 15) is 4.79 Å². The Bertz CT molecular complexity index is 664. The number of carbonyl (C=O) groups is 1. The number of hydrogen-bond acceptors (Lipinski definition) is 3.